The first-order valence-corrected chi connectivity index (χ1v) is 8.08. The molecule has 2 amide bonds. The molecule has 0 saturated heterocycles. The second kappa shape index (κ2) is 7.36. The number of benzene rings is 2. The highest BCUT2D eigenvalue weighted by molar-refractivity contribution is 5.84. The Morgan fingerprint density at radius 3 is 2.75 bits per heavy atom. The molecule has 3 N–H and O–H groups in total. The molecule has 2 aromatic carbocycles. The van der Waals surface area contributed by atoms with Gasteiger partial charge in [-0.15, -0.1) is 0 Å². The topological polar surface area (TPSA) is 70.6 Å². The SMILES string of the molecule is COc1ccc2cc(CNC(=O)N[C@@H]3C=C[C@H](CO)C3)ccc2c1. The van der Waals surface area contributed by atoms with Crippen molar-refractivity contribution in [2.75, 3.05) is 13.7 Å². The van der Waals surface area contributed by atoms with Gasteiger partial charge in [-0.3, -0.25) is 0 Å². The van der Waals surface area contributed by atoms with Gasteiger partial charge in [0.05, 0.1) is 7.11 Å². The van der Waals surface area contributed by atoms with Crippen molar-refractivity contribution in [3.63, 3.8) is 0 Å². The van der Waals surface area contributed by atoms with E-state index < -0.39 is 0 Å². The Morgan fingerprint density at radius 1 is 1.21 bits per heavy atom. The Labute approximate surface area is 141 Å². The number of rotatable bonds is 5. The van der Waals surface area contributed by atoms with E-state index in [9.17, 15) is 4.79 Å². The van der Waals surface area contributed by atoms with Crippen molar-refractivity contribution >= 4 is 16.8 Å². The zero-order valence-corrected chi connectivity index (χ0v) is 13.7. The molecule has 1 aliphatic rings. The molecule has 1 aliphatic carbocycles. The molecule has 0 saturated carbocycles. The fourth-order valence-corrected chi connectivity index (χ4v) is 2.93. The number of aliphatic hydroxyl groups is 1. The van der Waals surface area contributed by atoms with Crippen molar-refractivity contribution in [1.82, 2.24) is 10.6 Å². The van der Waals surface area contributed by atoms with Gasteiger partial charge in [0.15, 0.2) is 0 Å². The third-order valence-corrected chi connectivity index (χ3v) is 4.29. The van der Waals surface area contributed by atoms with Crippen LogP contribution in [0.1, 0.15) is 12.0 Å². The van der Waals surface area contributed by atoms with E-state index in [1.807, 2.05) is 42.5 Å². The van der Waals surface area contributed by atoms with Crippen LogP contribution in [-0.4, -0.2) is 30.9 Å². The third-order valence-electron chi connectivity index (χ3n) is 4.29. The summed E-state index contributed by atoms with van der Waals surface area (Å²) in [6, 6.07) is 11.8. The monoisotopic (exact) mass is 326 g/mol. The van der Waals surface area contributed by atoms with Crippen molar-refractivity contribution in [3.05, 3.63) is 54.1 Å². The van der Waals surface area contributed by atoms with E-state index in [0.717, 1.165) is 28.5 Å². The van der Waals surface area contributed by atoms with Gasteiger partial charge in [0.2, 0.25) is 0 Å². The average molecular weight is 326 g/mol. The van der Waals surface area contributed by atoms with E-state index in [0.29, 0.717) is 6.54 Å². The van der Waals surface area contributed by atoms with Crippen LogP contribution in [0.25, 0.3) is 10.8 Å². The molecule has 0 fully saturated rings. The quantitative estimate of drug-likeness (QED) is 0.740. The van der Waals surface area contributed by atoms with Gasteiger partial charge in [-0.1, -0.05) is 30.4 Å². The van der Waals surface area contributed by atoms with Crippen molar-refractivity contribution in [2.45, 2.75) is 19.0 Å². The van der Waals surface area contributed by atoms with Crippen LogP contribution >= 0.6 is 0 Å². The minimum atomic E-state index is -0.196. The molecule has 0 unspecified atom stereocenters. The second-order valence-corrected chi connectivity index (χ2v) is 6.04. The van der Waals surface area contributed by atoms with Crippen molar-refractivity contribution < 1.29 is 14.6 Å². The standard InChI is InChI=1S/C19H22N2O3/c1-24-18-7-5-15-8-13(2-4-16(15)10-18)11-20-19(23)21-17-6-3-14(9-17)12-22/h2-8,10,14,17,22H,9,11-12H2,1H3,(H2,20,21,23)/t14-,17+/m0/s1. The van der Waals surface area contributed by atoms with Crippen LogP contribution in [-0.2, 0) is 6.54 Å². The molecule has 0 aliphatic heterocycles. The Balaban J connectivity index is 1.55. The molecule has 0 aromatic heterocycles. The lowest BCUT2D eigenvalue weighted by Gasteiger charge is -2.14. The Morgan fingerprint density at radius 2 is 2.00 bits per heavy atom. The first kappa shape index (κ1) is 16.3. The molecule has 24 heavy (non-hydrogen) atoms. The highest BCUT2D eigenvalue weighted by Gasteiger charge is 2.19. The van der Waals surface area contributed by atoms with Gasteiger partial charge < -0.3 is 20.5 Å². The molecule has 0 heterocycles. The molecule has 0 radical (unpaired) electrons. The summed E-state index contributed by atoms with van der Waals surface area (Å²) in [6.45, 7) is 0.589. The van der Waals surface area contributed by atoms with Crippen LogP contribution in [0.4, 0.5) is 4.79 Å². The summed E-state index contributed by atoms with van der Waals surface area (Å²) in [7, 11) is 1.65. The summed E-state index contributed by atoms with van der Waals surface area (Å²) < 4.78 is 5.22. The number of fused-ring (bicyclic) bond motifs is 1. The fourth-order valence-electron chi connectivity index (χ4n) is 2.93. The number of urea groups is 1. The molecular weight excluding hydrogens is 304 g/mol. The average Bonchev–Trinajstić information content (AvgIpc) is 3.06. The lowest BCUT2D eigenvalue weighted by Crippen LogP contribution is -2.40. The van der Waals surface area contributed by atoms with Crippen LogP contribution in [0, 0.1) is 5.92 Å². The Hall–Kier alpha value is -2.53. The van der Waals surface area contributed by atoms with Gasteiger partial charge in [-0.05, 0) is 41.0 Å². The zero-order valence-electron chi connectivity index (χ0n) is 13.7. The summed E-state index contributed by atoms with van der Waals surface area (Å²) in [4.78, 5) is 12.0. The number of carbonyl (C=O) groups excluding carboxylic acids is 1. The summed E-state index contributed by atoms with van der Waals surface area (Å²) >= 11 is 0. The van der Waals surface area contributed by atoms with E-state index in [2.05, 4.69) is 16.7 Å². The summed E-state index contributed by atoms with van der Waals surface area (Å²) in [5.74, 6) is 0.978. The smallest absolute Gasteiger partial charge is 0.315 e. The molecule has 126 valence electrons. The van der Waals surface area contributed by atoms with Crippen molar-refractivity contribution in [1.29, 1.82) is 0 Å². The highest BCUT2D eigenvalue weighted by Crippen LogP contribution is 2.22. The molecule has 0 bridgehead atoms. The summed E-state index contributed by atoms with van der Waals surface area (Å²) in [5.41, 5.74) is 1.04. The molecule has 5 heteroatoms. The van der Waals surface area contributed by atoms with Gasteiger partial charge in [-0.2, -0.15) is 0 Å². The Bertz CT molecular complexity index is 757. The lowest BCUT2D eigenvalue weighted by atomic mass is 10.1. The van der Waals surface area contributed by atoms with E-state index >= 15 is 0 Å². The van der Waals surface area contributed by atoms with Crippen LogP contribution in [0.3, 0.4) is 0 Å². The normalized spacial score (nSPS) is 19.4. The van der Waals surface area contributed by atoms with Crippen LogP contribution in [0.15, 0.2) is 48.6 Å². The van der Waals surface area contributed by atoms with Gasteiger partial charge in [-0.25, -0.2) is 4.79 Å². The van der Waals surface area contributed by atoms with Crippen LogP contribution in [0.5, 0.6) is 5.75 Å². The summed E-state index contributed by atoms with van der Waals surface area (Å²) in [6.07, 6.45) is 4.63. The lowest BCUT2D eigenvalue weighted by molar-refractivity contribution is 0.231. The number of hydrogen-bond acceptors (Lipinski definition) is 3. The van der Waals surface area contributed by atoms with E-state index in [4.69, 9.17) is 9.84 Å². The highest BCUT2D eigenvalue weighted by atomic mass is 16.5. The second-order valence-electron chi connectivity index (χ2n) is 6.04. The minimum absolute atomic E-state index is 0.00813. The zero-order chi connectivity index (χ0) is 16.9. The largest absolute Gasteiger partial charge is 0.497 e. The third kappa shape index (κ3) is 3.86. The molecule has 5 nitrogen and oxygen atoms in total. The van der Waals surface area contributed by atoms with Crippen LogP contribution in [0.2, 0.25) is 0 Å². The number of aliphatic hydroxyl groups excluding tert-OH is 1. The molecule has 0 spiro atoms. The van der Waals surface area contributed by atoms with E-state index in [1.54, 1.807) is 7.11 Å². The van der Waals surface area contributed by atoms with Gasteiger partial charge in [0.1, 0.15) is 5.75 Å². The van der Waals surface area contributed by atoms with Crippen molar-refractivity contribution in [3.8, 4) is 5.75 Å². The number of nitrogens with one attached hydrogen (secondary N) is 2. The summed E-state index contributed by atoms with van der Waals surface area (Å²) in [5, 5.41) is 17.1. The molecular formula is C19H22N2O3. The van der Waals surface area contributed by atoms with Crippen LogP contribution < -0.4 is 15.4 Å². The predicted molar refractivity (Wildman–Crippen MR) is 94.0 cm³/mol. The maximum Gasteiger partial charge on any atom is 0.315 e. The number of methoxy groups -OCH3 is 1. The number of carbonyl (C=O) groups is 1. The van der Waals surface area contributed by atoms with Gasteiger partial charge >= 0.3 is 6.03 Å². The van der Waals surface area contributed by atoms with E-state index in [-0.39, 0.29) is 24.6 Å². The van der Waals surface area contributed by atoms with Gasteiger partial charge in [0.25, 0.3) is 0 Å². The first-order chi connectivity index (χ1) is 11.7. The van der Waals surface area contributed by atoms with E-state index in [1.165, 1.54) is 0 Å². The molecule has 3 rings (SSSR count). The Kier molecular flexibility index (Phi) is 5.01. The number of amides is 2. The van der Waals surface area contributed by atoms with Gasteiger partial charge in [0, 0.05) is 25.1 Å². The number of hydrogen-bond donors (Lipinski definition) is 3. The maximum atomic E-state index is 12.0. The fraction of sp³-hybridized carbons (Fsp3) is 0.316. The molecule has 2 aromatic rings. The minimum Gasteiger partial charge on any atom is -0.497 e. The van der Waals surface area contributed by atoms with Crippen molar-refractivity contribution in [2.24, 2.45) is 5.92 Å². The predicted octanol–water partition coefficient (Wildman–Crippen LogP) is 2.58. The number of ether oxygens (including phenoxy) is 1. The maximum absolute atomic E-state index is 12.0. The first-order valence-electron chi connectivity index (χ1n) is 8.08. The molecule has 2 atom stereocenters.